The van der Waals surface area contributed by atoms with Crippen molar-refractivity contribution in [2.24, 2.45) is 0 Å². The molecule has 0 aromatic heterocycles. The third-order valence-electron chi connectivity index (χ3n) is 2.92. The van der Waals surface area contributed by atoms with E-state index in [4.69, 9.17) is 0 Å². The summed E-state index contributed by atoms with van der Waals surface area (Å²) in [5.41, 5.74) is 0.955. The molecule has 1 aromatic rings. The van der Waals surface area contributed by atoms with Crippen LogP contribution in [0.4, 0.5) is 0 Å². The smallest absolute Gasteiger partial charge is 0.224 e. The summed E-state index contributed by atoms with van der Waals surface area (Å²) in [4.78, 5) is 23.1. The maximum atomic E-state index is 11.7. The van der Waals surface area contributed by atoms with Crippen molar-refractivity contribution in [3.63, 3.8) is 0 Å². The average molecular weight is 296 g/mol. The fourth-order valence-corrected chi connectivity index (χ4v) is 2.27. The number of hydrogen-bond acceptors (Lipinski definition) is 2. The van der Waals surface area contributed by atoms with Gasteiger partial charge in [0, 0.05) is 10.9 Å². The third kappa shape index (κ3) is 3.40. The van der Waals surface area contributed by atoms with Gasteiger partial charge in [0.05, 0.1) is 12.5 Å². The van der Waals surface area contributed by atoms with Crippen LogP contribution in [0, 0.1) is 0 Å². The Morgan fingerprint density at radius 1 is 1.35 bits per heavy atom. The Kier molecular flexibility index (Phi) is 3.94. The molecule has 0 spiro atoms. The molecule has 1 amide bonds. The van der Waals surface area contributed by atoms with Gasteiger partial charge in [-0.25, -0.2) is 0 Å². The minimum absolute atomic E-state index is 0.0763. The summed E-state index contributed by atoms with van der Waals surface area (Å²) in [6, 6.07) is 7.37. The minimum Gasteiger partial charge on any atom is -0.346 e. The number of amides is 1. The van der Waals surface area contributed by atoms with Gasteiger partial charge in [-0.3, -0.25) is 9.59 Å². The van der Waals surface area contributed by atoms with Crippen LogP contribution in [0.5, 0.6) is 0 Å². The summed E-state index contributed by atoms with van der Waals surface area (Å²) in [7, 11) is 0. The first-order chi connectivity index (χ1) is 8.15. The molecule has 17 heavy (non-hydrogen) atoms. The highest BCUT2D eigenvalue weighted by molar-refractivity contribution is 9.10. The number of nitrogens with one attached hydrogen (secondary N) is 1. The lowest BCUT2D eigenvalue weighted by molar-refractivity contribution is -0.126. The number of halogens is 1. The number of Topliss-reactive ketones (excluding diaryl/α,β-unsaturated/α-hetero) is 1. The Hall–Kier alpha value is -1.16. The molecule has 1 aliphatic carbocycles. The number of carbonyl (C=O) groups excluding carboxylic acids is 2. The molecule has 1 aliphatic rings. The van der Waals surface area contributed by atoms with Crippen LogP contribution in [0.1, 0.15) is 24.8 Å². The molecule has 1 aromatic carbocycles. The summed E-state index contributed by atoms with van der Waals surface area (Å²) in [6.07, 6.45) is 2.60. The number of ketones is 1. The van der Waals surface area contributed by atoms with Gasteiger partial charge >= 0.3 is 0 Å². The van der Waals surface area contributed by atoms with Crippen LogP contribution in [0.3, 0.4) is 0 Å². The van der Waals surface area contributed by atoms with E-state index in [1.165, 1.54) is 0 Å². The Morgan fingerprint density at radius 3 is 2.65 bits per heavy atom. The zero-order valence-electron chi connectivity index (χ0n) is 9.41. The van der Waals surface area contributed by atoms with Gasteiger partial charge in [-0.1, -0.05) is 28.1 Å². The maximum Gasteiger partial charge on any atom is 0.224 e. The Balaban J connectivity index is 1.88. The molecule has 0 bridgehead atoms. The van der Waals surface area contributed by atoms with Gasteiger partial charge in [-0.15, -0.1) is 0 Å². The number of benzene rings is 1. The highest BCUT2D eigenvalue weighted by Gasteiger charge is 2.25. The van der Waals surface area contributed by atoms with Crippen molar-refractivity contribution in [1.29, 1.82) is 0 Å². The predicted molar refractivity (Wildman–Crippen MR) is 68.6 cm³/mol. The van der Waals surface area contributed by atoms with Crippen molar-refractivity contribution in [3.05, 3.63) is 34.3 Å². The molecule has 0 heterocycles. The van der Waals surface area contributed by atoms with Crippen LogP contribution in [0.15, 0.2) is 28.7 Å². The molecule has 1 unspecified atom stereocenters. The van der Waals surface area contributed by atoms with Crippen molar-refractivity contribution in [2.45, 2.75) is 31.7 Å². The van der Waals surface area contributed by atoms with E-state index < -0.39 is 0 Å². The van der Waals surface area contributed by atoms with Crippen LogP contribution in [-0.4, -0.2) is 17.7 Å². The highest BCUT2D eigenvalue weighted by Crippen LogP contribution is 2.15. The molecule has 0 saturated heterocycles. The van der Waals surface area contributed by atoms with Crippen LogP contribution >= 0.6 is 15.9 Å². The maximum absolute atomic E-state index is 11.7. The van der Waals surface area contributed by atoms with Gasteiger partial charge in [-0.05, 0) is 30.5 Å². The Morgan fingerprint density at radius 2 is 2.06 bits per heavy atom. The molecule has 0 radical (unpaired) electrons. The average Bonchev–Trinajstić information content (AvgIpc) is 2.68. The zero-order valence-corrected chi connectivity index (χ0v) is 11.0. The molecule has 4 heteroatoms. The van der Waals surface area contributed by atoms with Crippen LogP contribution in [0.2, 0.25) is 0 Å². The molecule has 90 valence electrons. The predicted octanol–water partition coefficient (Wildman–Crippen LogP) is 2.23. The first kappa shape index (κ1) is 12.3. The minimum atomic E-state index is -0.252. The summed E-state index contributed by atoms with van der Waals surface area (Å²) < 4.78 is 0.993. The second-order valence-electron chi connectivity index (χ2n) is 4.28. The van der Waals surface area contributed by atoms with Gasteiger partial charge in [-0.2, -0.15) is 0 Å². The number of carbonyl (C=O) groups is 2. The molecule has 1 atom stereocenters. The van der Waals surface area contributed by atoms with Gasteiger partial charge in [0.25, 0.3) is 0 Å². The third-order valence-corrected chi connectivity index (χ3v) is 3.45. The molecule has 0 aliphatic heterocycles. The van der Waals surface area contributed by atoms with Crippen LogP contribution < -0.4 is 5.32 Å². The normalized spacial score (nSPS) is 19.4. The lowest BCUT2D eigenvalue weighted by Gasteiger charge is -2.10. The van der Waals surface area contributed by atoms with Gasteiger partial charge in [0.1, 0.15) is 0 Å². The molecule has 1 saturated carbocycles. The van der Waals surface area contributed by atoms with Crippen molar-refractivity contribution >= 4 is 27.6 Å². The number of rotatable bonds is 3. The Bertz CT molecular complexity index is 428. The quantitative estimate of drug-likeness (QED) is 0.929. The van der Waals surface area contributed by atoms with Crippen molar-refractivity contribution in [2.75, 3.05) is 0 Å². The largest absolute Gasteiger partial charge is 0.346 e. The van der Waals surface area contributed by atoms with E-state index in [0.29, 0.717) is 12.8 Å². The van der Waals surface area contributed by atoms with Crippen molar-refractivity contribution in [3.8, 4) is 0 Å². The second-order valence-corrected chi connectivity index (χ2v) is 5.20. The van der Waals surface area contributed by atoms with Gasteiger partial charge in [0.15, 0.2) is 5.78 Å². The molecule has 2 rings (SSSR count). The van der Waals surface area contributed by atoms with E-state index in [0.717, 1.165) is 22.9 Å². The SMILES string of the molecule is O=C(Cc1ccc(Br)cc1)NC1CCCC1=O. The van der Waals surface area contributed by atoms with E-state index in [9.17, 15) is 9.59 Å². The first-order valence-corrected chi connectivity index (χ1v) is 6.51. The van der Waals surface area contributed by atoms with E-state index >= 15 is 0 Å². The van der Waals surface area contributed by atoms with Gasteiger partial charge < -0.3 is 5.32 Å². The van der Waals surface area contributed by atoms with E-state index in [-0.39, 0.29) is 17.7 Å². The van der Waals surface area contributed by atoms with Gasteiger partial charge in [0.2, 0.25) is 5.91 Å². The van der Waals surface area contributed by atoms with E-state index in [2.05, 4.69) is 21.2 Å². The fraction of sp³-hybridized carbons (Fsp3) is 0.385. The standard InChI is InChI=1S/C13H14BrNO2/c14-10-6-4-9(5-7-10)8-13(17)15-11-2-1-3-12(11)16/h4-7,11H,1-3,8H2,(H,15,17). The monoisotopic (exact) mass is 295 g/mol. The molecular formula is C13H14BrNO2. The van der Waals surface area contributed by atoms with Crippen LogP contribution in [-0.2, 0) is 16.0 Å². The van der Waals surface area contributed by atoms with E-state index in [1.54, 1.807) is 0 Å². The fourth-order valence-electron chi connectivity index (χ4n) is 2.00. The topological polar surface area (TPSA) is 46.2 Å². The molecule has 1 fully saturated rings. The number of hydrogen-bond donors (Lipinski definition) is 1. The molecule has 1 N–H and O–H groups in total. The zero-order chi connectivity index (χ0) is 12.3. The lowest BCUT2D eigenvalue weighted by Crippen LogP contribution is -2.38. The van der Waals surface area contributed by atoms with Crippen molar-refractivity contribution < 1.29 is 9.59 Å². The van der Waals surface area contributed by atoms with Crippen molar-refractivity contribution in [1.82, 2.24) is 5.32 Å². The summed E-state index contributed by atoms with van der Waals surface area (Å²) in [6.45, 7) is 0. The first-order valence-electron chi connectivity index (χ1n) is 5.71. The van der Waals surface area contributed by atoms with E-state index in [1.807, 2.05) is 24.3 Å². The molecular weight excluding hydrogens is 282 g/mol. The second kappa shape index (κ2) is 5.45. The summed E-state index contributed by atoms with van der Waals surface area (Å²) in [5.74, 6) is 0.0849. The summed E-state index contributed by atoms with van der Waals surface area (Å²) >= 11 is 3.35. The lowest BCUT2D eigenvalue weighted by atomic mass is 10.1. The summed E-state index contributed by atoms with van der Waals surface area (Å²) in [5, 5.41) is 2.79. The highest BCUT2D eigenvalue weighted by atomic mass is 79.9. The van der Waals surface area contributed by atoms with Crippen LogP contribution in [0.25, 0.3) is 0 Å². The Labute approximate surface area is 109 Å². The molecule has 3 nitrogen and oxygen atoms in total.